The van der Waals surface area contributed by atoms with Crippen LogP contribution < -0.4 is 9.47 Å². The third-order valence-electron chi connectivity index (χ3n) is 6.58. The molecule has 2 heterocycles. The summed E-state index contributed by atoms with van der Waals surface area (Å²) in [6, 6.07) is 17.6. The van der Waals surface area contributed by atoms with E-state index in [1.54, 1.807) is 0 Å². The molecule has 1 aliphatic heterocycles. The maximum Gasteiger partial charge on any atom is 0.263 e. The molecule has 0 bridgehead atoms. The lowest BCUT2D eigenvalue weighted by atomic mass is 10.1. The number of fused-ring (bicyclic) bond motifs is 1. The van der Waals surface area contributed by atoms with Crippen molar-refractivity contribution in [2.75, 3.05) is 37.6 Å². The van der Waals surface area contributed by atoms with Crippen LogP contribution >= 0.6 is 11.3 Å². The average molecular weight is 461 g/mol. The van der Waals surface area contributed by atoms with Crippen LogP contribution in [0.5, 0.6) is 0 Å². The summed E-state index contributed by atoms with van der Waals surface area (Å²) in [6.07, 6.45) is 13.3. The van der Waals surface area contributed by atoms with Crippen molar-refractivity contribution in [1.82, 2.24) is 4.90 Å². The lowest BCUT2D eigenvalue weighted by molar-refractivity contribution is -0.658. The SMILES string of the molecule is C=CC[n+]1c(/C=C/c2ccc(N3CCN(CCCCCCC)CC3)cc2)sc2ccccc21. The van der Waals surface area contributed by atoms with Gasteiger partial charge in [-0.05, 0) is 48.9 Å². The summed E-state index contributed by atoms with van der Waals surface area (Å²) in [5, 5.41) is 1.26. The number of thiazole rings is 1. The van der Waals surface area contributed by atoms with E-state index >= 15 is 0 Å². The van der Waals surface area contributed by atoms with Crippen molar-refractivity contribution in [2.24, 2.45) is 0 Å². The van der Waals surface area contributed by atoms with Crippen molar-refractivity contribution in [3.63, 3.8) is 0 Å². The van der Waals surface area contributed by atoms with E-state index in [-0.39, 0.29) is 0 Å². The first-order valence-electron chi connectivity index (χ1n) is 12.6. The Morgan fingerprint density at radius 1 is 0.909 bits per heavy atom. The van der Waals surface area contributed by atoms with Crippen molar-refractivity contribution in [1.29, 1.82) is 0 Å². The highest BCUT2D eigenvalue weighted by Gasteiger charge is 2.18. The van der Waals surface area contributed by atoms with E-state index in [1.807, 2.05) is 17.4 Å². The number of hydrogen-bond acceptors (Lipinski definition) is 3. The number of anilines is 1. The van der Waals surface area contributed by atoms with Crippen LogP contribution in [0.2, 0.25) is 0 Å². The van der Waals surface area contributed by atoms with E-state index in [0.29, 0.717) is 0 Å². The molecule has 0 spiro atoms. The second kappa shape index (κ2) is 12.2. The molecule has 0 atom stereocenters. The fraction of sp³-hybridized carbons (Fsp3) is 0.414. The lowest BCUT2D eigenvalue weighted by Gasteiger charge is -2.36. The fourth-order valence-electron chi connectivity index (χ4n) is 4.63. The molecule has 0 N–H and O–H groups in total. The van der Waals surface area contributed by atoms with Crippen LogP contribution in [0.1, 0.15) is 49.6 Å². The molecule has 0 saturated carbocycles. The molecule has 33 heavy (non-hydrogen) atoms. The van der Waals surface area contributed by atoms with Gasteiger partial charge < -0.3 is 4.90 Å². The molecule has 3 nitrogen and oxygen atoms in total. The van der Waals surface area contributed by atoms with E-state index in [4.69, 9.17) is 0 Å². The zero-order valence-electron chi connectivity index (χ0n) is 20.1. The van der Waals surface area contributed by atoms with Gasteiger partial charge in [0.1, 0.15) is 4.70 Å². The molecule has 1 aliphatic rings. The third-order valence-corrected chi connectivity index (χ3v) is 7.71. The Hall–Kier alpha value is -2.43. The highest BCUT2D eigenvalue weighted by molar-refractivity contribution is 7.18. The van der Waals surface area contributed by atoms with Crippen molar-refractivity contribution < 1.29 is 4.57 Å². The standard InChI is InChI=1S/C29H38N3S/c1-3-5-6-7-10-20-30-21-23-31(24-22-30)26-16-13-25(14-17-26)15-18-29-32(19-4-2)27-11-8-9-12-28(27)33-29/h4,8-9,11-18H,2-3,5-7,10,19-24H2,1H3/q+1. The fourth-order valence-corrected chi connectivity index (χ4v) is 5.70. The van der Waals surface area contributed by atoms with Gasteiger partial charge in [-0.25, -0.2) is 0 Å². The van der Waals surface area contributed by atoms with Gasteiger partial charge in [-0.2, -0.15) is 4.57 Å². The number of para-hydroxylation sites is 1. The molecular weight excluding hydrogens is 422 g/mol. The summed E-state index contributed by atoms with van der Waals surface area (Å²) < 4.78 is 3.65. The van der Waals surface area contributed by atoms with E-state index in [2.05, 4.69) is 88.6 Å². The number of benzene rings is 2. The molecule has 0 aliphatic carbocycles. The van der Waals surface area contributed by atoms with Gasteiger partial charge in [-0.15, -0.1) is 0 Å². The Balaban J connectivity index is 1.32. The number of piperazine rings is 1. The first-order chi connectivity index (χ1) is 16.3. The smallest absolute Gasteiger partial charge is 0.263 e. The Labute approximate surface area is 203 Å². The third kappa shape index (κ3) is 6.33. The summed E-state index contributed by atoms with van der Waals surface area (Å²) in [5.41, 5.74) is 3.86. The minimum atomic E-state index is 0.827. The second-order valence-electron chi connectivity index (χ2n) is 8.98. The quantitative estimate of drug-likeness (QED) is 0.180. The number of allylic oxidation sites excluding steroid dienone is 1. The summed E-state index contributed by atoms with van der Waals surface area (Å²) in [4.78, 5) is 5.17. The van der Waals surface area contributed by atoms with E-state index < -0.39 is 0 Å². The van der Waals surface area contributed by atoms with Crippen molar-refractivity contribution in [3.8, 4) is 0 Å². The summed E-state index contributed by atoms with van der Waals surface area (Å²) >= 11 is 1.83. The number of hydrogen-bond donors (Lipinski definition) is 0. The normalized spacial score (nSPS) is 15.0. The molecule has 3 aromatic rings. The Kier molecular flexibility index (Phi) is 8.73. The highest BCUT2D eigenvalue weighted by atomic mass is 32.1. The van der Waals surface area contributed by atoms with E-state index in [0.717, 1.165) is 19.6 Å². The molecule has 4 rings (SSSR count). The molecule has 1 saturated heterocycles. The second-order valence-corrected chi connectivity index (χ2v) is 10.0. The van der Waals surface area contributed by atoms with Crippen LogP contribution in [0.3, 0.4) is 0 Å². The average Bonchev–Trinajstić information content (AvgIpc) is 3.21. The van der Waals surface area contributed by atoms with Crippen LogP contribution in [0.4, 0.5) is 5.69 Å². The molecule has 0 radical (unpaired) electrons. The maximum absolute atomic E-state index is 3.94. The van der Waals surface area contributed by atoms with E-state index in [1.165, 1.54) is 78.2 Å². The van der Waals surface area contributed by atoms with Gasteiger partial charge in [-0.3, -0.25) is 4.90 Å². The first-order valence-corrected chi connectivity index (χ1v) is 13.4. The summed E-state index contributed by atoms with van der Waals surface area (Å²) in [6.45, 7) is 13.0. The number of aromatic nitrogens is 1. The van der Waals surface area contributed by atoms with Gasteiger partial charge in [0.15, 0.2) is 6.54 Å². The van der Waals surface area contributed by atoms with Crippen molar-refractivity contribution >= 4 is 39.4 Å². The molecule has 2 aromatic carbocycles. The van der Waals surface area contributed by atoms with Crippen LogP contribution in [-0.4, -0.2) is 37.6 Å². The van der Waals surface area contributed by atoms with Crippen LogP contribution in [0.15, 0.2) is 61.2 Å². The molecule has 1 aromatic heterocycles. The molecule has 4 heteroatoms. The molecule has 0 amide bonds. The van der Waals surface area contributed by atoms with Crippen LogP contribution in [-0.2, 0) is 6.54 Å². The van der Waals surface area contributed by atoms with E-state index in [9.17, 15) is 0 Å². The highest BCUT2D eigenvalue weighted by Crippen LogP contribution is 2.23. The number of nitrogens with zero attached hydrogens (tertiary/aromatic N) is 3. The summed E-state index contributed by atoms with van der Waals surface area (Å²) in [7, 11) is 0. The molecule has 0 unspecified atom stereocenters. The molecule has 174 valence electrons. The van der Waals surface area contributed by atoms with Crippen molar-refractivity contribution in [3.05, 3.63) is 71.8 Å². The topological polar surface area (TPSA) is 10.4 Å². The molecular formula is C29H38N3S+. The Morgan fingerprint density at radius 3 is 2.42 bits per heavy atom. The minimum absolute atomic E-state index is 0.827. The van der Waals surface area contributed by atoms with Crippen molar-refractivity contribution in [2.45, 2.75) is 45.6 Å². The zero-order chi connectivity index (χ0) is 22.9. The largest absolute Gasteiger partial charge is 0.369 e. The lowest BCUT2D eigenvalue weighted by Crippen LogP contribution is -2.46. The van der Waals surface area contributed by atoms with Gasteiger partial charge in [0, 0.05) is 44.0 Å². The van der Waals surface area contributed by atoms with Gasteiger partial charge >= 0.3 is 0 Å². The maximum atomic E-state index is 3.94. The summed E-state index contributed by atoms with van der Waals surface area (Å²) in [5.74, 6) is 0. The zero-order valence-corrected chi connectivity index (χ0v) is 20.9. The minimum Gasteiger partial charge on any atom is -0.369 e. The molecule has 1 fully saturated rings. The number of unbranched alkanes of at least 4 members (excludes halogenated alkanes) is 4. The predicted molar refractivity (Wildman–Crippen MR) is 145 cm³/mol. The Bertz CT molecular complexity index is 1040. The van der Waals surface area contributed by atoms with Gasteiger partial charge in [-0.1, -0.05) is 74.8 Å². The number of rotatable bonds is 11. The Morgan fingerprint density at radius 2 is 1.67 bits per heavy atom. The van der Waals surface area contributed by atoms with Crippen LogP contribution in [0, 0.1) is 0 Å². The predicted octanol–water partition coefficient (Wildman–Crippen LogP) is 6.64. The van der Waals surface area contributed by atoms with Gasteiger partial charge in [0.2, 0.25) is 5.52 Å². The van der Waals surface area contributed by atoms with Gasteiger partial charge in [0.05, 0.1) is 0 Å². The monoisotopic (exact) mass is 460 g/mol. The van der Waals surface area contributed by atoms with Gasteiger partial charge in [0.25, 0.3) is 5.01 Å². The first kappa shape index (κ1) is 23.7. The van der Waals surface area contributed by atoms with Crippen LogP contribution in [0.25, 0.3) is 22.4 Å².